The first-order valence-corrected chi connectivity index (χ1v) is 12.5. The van der Waals surface area contributed by atoms with E-state index in [1.807, 2.05) is 72.8 Å². The van der Waals surface area contributed by atoms with Crippen LogP contribution in [0.2, 0.25) is 0 Å². The van der Waals surface area contributed by atoms with Crippen LogP contribution in [0.15, 0.2) is 121 Å². The van der Waals surface area contributed by atoms with Crippen LogP contribution in [-0.4, -0.2) is 11.8 Å². The largest absolute Gasteiger partial charge is 0.273 e. The first kappa shape index (κ1) is 22.3. The summed E-state index contributed by atoms with van der Waals surface area (Å²) in [7, 11) is 0. The van der Waals surface area contributed by atoms with E-state index in [0.717, 1.165) is 22.3 Å². The van der Waals surface area contributed by atoms with Crippen LogP contribution in [0.3, 0.4) is 0 Å². The molecule has 2 atom stereocenters. The van der Waals surface area contributed by atoms with E-state index in [1.165, 1.54) is 0 Å². The van der Waals surface area contributed by atoms with Crippen molar-refractivity contribution < 1.29 is 9.59 Å². The van der Waals surface area contributed by atoms with Crippen LogP contribution in [-0.2, 0) is 20.4 Å². The van der Waals surface area contributed by atoms with Gasteiger partial charge in [-0.2, -0.15) is 0 Å². The van der Waals surface area contributed by atoms with E-state index in [1.54, 1.807) is 0 Å². The van der Waals surface area contributed by atoms with Crippen molar-refractivity contribution >= 4 is 11.8 Å². The molecule has 4 nitrogen and oxygen atoms in total. The van der Waals surface area contributed by atoms with E-state index in [4.69, 9.17) is 0 Å². The average molecular weight is 473 g/mol. The Bertz CT molecular complexity index is 1180. The third-order valence-electron chi connectivity index (χ3n) is 8.02. The predicted octanol–water partition coefficient (Wildman–Crippen LogP) is 5.15. The summed E-state index contributed by atoms with van der Waals surface area (Å²) in [6.07, 6.45) is 1.42. The summed E-state index contributed by atoms with van der Waals surface area (Å²) >= 11 is 0. The molecule has 2 fully saturated rings. The average Bonchev–Trinajstić information content (AvgIpc) is 3.87. The van der Waals surface area contributed by atoms with Gasteiger partial charge in [0.2, 0.25) is 11.8 Å². The minimum Gasteiger partial charge on any atom is -0.273 e. The lowest BCUT2D eigenvalue weighted by Crippen LogP contribution is -2.45. The molecule has 0 aromatic heterocycles. The highest BCUT2D eigenvalue weighted by atomic mass is 16.2. The van der Waals surface area contributed by atoms with Crippen molar-refractivity contribution in [3.05, 3.63) is 144 Å². The second-order valence-corrected chi connectivity index (χ2v) is 9.90. The molecule has 4 aromatic carbocycles. The third-order valence-corrected chi connectivity index (χ3v) is 8.02. The summed E-state index contributed by atoms with van der Waals surface area (Å²) in [6.45, 7) is 0. The number of nitrogens with one attached hydrogen (secondary N) is 2. The van der Waals surface area contributed by atoms with Crippen LogP contribution in [0.5, 0.6) is 0 Å². The maximum absolute atomic E-state index is 13.3. The van der Waals surface area contributed by atoms with E-state index in [9.17, 15) is 9.59 Å². The Morgan fingerprint density at radius 2 is 0.722 bits per heavy atom. The number of carbonyl (C=O) groups is 2. The van der Waals surface area contributed by atoms with E-state index in [2.05, 4.69) is 59.4 Å². The molecule has 2 saturated carbocycles. The Morgan fingerprint density at radius 1 is 0.472 bits per heavy atom. The van der Waals surface area contributed by atoms with Gasteiger partial charge in [-0.1, -0.05) is 121 Å². The Balaban J connectivity index is 1.19. The summed E-state index contributed by atoms with van der Waals surface area (Å²) < 4.78 is 0. The first-order chi connectivity index (χ1) is 17.7. The van der Waals surface area contributed by atoms with E-state index in [0.29, 0.717) is 12.8 Å². The molecular weight excluding hydrogens is 444 g/mol. The van der Waals surface area contributed by atoms with E-state index >= 15 is 0 Å². The Hall–Kier alpha value is -4.18. The molecule has 2 aliphatic carbocycles. The molecule has 0 radical (unpaired) electrons. The Kier molecular flexibility index (Phi) is 5.45. The summed E-state index contributed by atoms with van der Waals surface area (Å²) in [6, 6.07) is 40.7. The van der Waals surface area contributed by atoms with Gasteiger partial charge >= 0.3 is 0 Å². The topological polar surface area (TPSA) is 58.2 Å². The van der Waals surface area contributed by atoms with Gasteiger partial charge in [-0.05, 0) is 35.1 Å². The molecule has 0 aliphatic heterocycles. The summed E-state index contributed by atoms with van der Waals surface area (Å²) in [5, 5.41) is 0. The fraction of sp³-hybridized carbons (Fsp3) is 0.188. The fourth-order valence-corrected chi connectivity index (χ4v) is 6.01. The van der Waals surface area contributed by atoms with Gasteiger partial charge in [-0.15, -0.1) is 0 Å². The zero-order valence-corrected chi connectivity index (χ0v) is 19.9. The molecular formula is C32H28N2O2. The van der Waals surface area contributed by atoms with Crippen molar-refractivity contribution in [2.45, 2.75) is 23.7 Å². The lowest BCUT2D eigenvalue weighted by Gasteiger charge is -2.20. The standard InChI is InChI=1S/C32H28N2O2/c35-29(27-21-31(27,23-13-5-1-6-14-23)24-15-7-2-8-16-24)33-34-30(36)28-22-32(28,25-17-9-3-10-18-25)26-19-11-4-12-20-26/h1-20,27-28H,21-22H2,(H,33,35)(H,34,36)/t27-,28-/m0/s1. The van der Waals surface area contributed by atoms with Crippen molar-refractivity contribution in [2.75, 3.05) is 0 Å². The zero-order valence-electron chi connectivity index (χ0n) is 19.9. The van der Waals surface area contributed by atoms with Crippen LogP contribution in [0.1, 0.15) is 35.1 Å². The van der Waals surface area contributed by atoms with Crippen LogP contribution < -0.4 is 10.9 Å². The minimum atomic E-state index is -0.366. The maximum atomic E-state index is 13.3. The third kappa shape index (κ3) is 3.61. The highest BCUT2D eigenvalue weighted by molar-refractivity contribution is 5.91. The van der Waals surface area contributed by atoms with E-state index in [-0.39, 0.29) is 34.5 Å². The second-order valence-electron chi connectivity index (χ2n) is 9.90. The van der Waals surface area contributed by atoms with Gasteiger partial charge in [0.25, 0.3) is 0 Å². The number of benzene rings is 4. The molecule has 0 bridgehead atoms. The SMILES string of the molecule is O=C(NNC(=O)[C@@H]1CC1(c1ccccc1)c1ccccc1)[C@@H]1CC1(c1ccccc1)c1ccccc1. The summed E-state index contributed by atoms with van der Waals surface area (Å²) in [5.41, 5.74) is 9.28. The molecule has 2 aliphatic rings. The maximum Gasteiger partial charge on any atom is 0.242 e. The van der Waals surface area contributed by atoms with Crippen LogP contribution in [0, 0.1) is 11.8 Å². The van der Waals surface area contributed by atoms with Gasteiger partial charge in [-0.25, -0.2) is 0 Å². The molecule has 4 aromatic rings. The normalized spacial score (nSPS) is 20.7. The Morgan fingerprint density at radius 3 is 0.972 bits per heavy atom. The molecule has 0 unspecified atom stereocenters. The molecule has 36 heavy (non-hydrogen) atoms. The predicted molar refractivity (Wildman–Crippen MR) is 140 cm³/mol. The zero-order chi connectivity index (χ0) is 24.6. The van der Waals surface area contributed by atoms with Gasteiger partial charge in [-0.3, -0.25) is 20.4 Å². The van der Waals surface area contributed by atoms with Gasteiger partial charge in [0, 0.05) is 10.8 Å². The molecule has 2 N–H and O–H groups in total. The number of rotatable bonds is 6. The molecule has 0 heterocycles. The molecule has 4 heteroatoms. The number of carbonyl (C=O) groups excluding carboxylic acids is 2. The van der Waals surface area contributed by atoms with Gasteiger partial charge in [0.15, 0.2) is 0 Å². The highest BCUT2D eigenvalue weighted by Crippen LogP contribution is 2.60. The monoisotopic (exact) mass is 472 g/mol. The highest BCUT2D eigenvalue weighted by Gasteiger charge is 2.62. The number of hydrazine groups is 1. The van der Waals surface area contributed by atoms with Crippen molar-refractivity contribution in [3.8, 4) is 0 Å². The van der Waals surface area contributed by atoms with Gasteiger partial charge in [0.05, 0.1) is 11.8 Å². The molecule has 178 valence electrons. The molecule has 0 spiro atoms. The van der Waals surface area contributed by atoms with Crippen molar-refractivity contribution in [3.63, 3.8) is 0 Å². The van der Waals surface area contributed by atoms with E-state index < -0.39 is 0 Å². The molecule has 2 amide bonds. The Labute approximate surface area is 211 Å². The van der Waals surface area contributed by atoms with Crippen LogP contribution in [0.25, 0.3) is 0 Å². The number of amides is 2. The lowest BCUT2D eigenvalue weighted by atomic mass is 9.85. The quantitative estimate of drug-likeness (QED) is 0.382. The number of hydrogen-bond donors (Lipinski definition) is 2. The van der Waals surface area contributed by atoms with Crippen LogP contribution in [0.4, 0.5) is 0 Å². The molecule has 6 rings (SSSR count). The first-order valence-electron chi connectivity index (χ1n) is 12.5. The second kappa shape index (κ2) is 8.80. The summed E-state index contributed by atoms with van der Waals surface area (Å²) in [4.78, 5) is 26.6. The summed E-state index contributed by atoms with van der Waals surface area (Å²) in [5.74, 6) is -0.784. The van der Waals surface area contributed by atoms with Crippen molar-refractivity contribution in [2.24, 2.45) is 11.8 Å². The fourth-order valence-electron chi connectivity index (χ4n) is 6.01. The van der Waals surface area contributed by atoms with Crippen LogP contribution >= 0.6 is 0 Å². The van der Waals surface area contributed by atoms with Crippen molar-refractivity contribution in [1.82, 2.24) is 10.9 Å². The molecule has 0 saturated heterocycles. The smallest absolute Gasteiger partial charge is 0.242 e. The minimum absolute atomic E-state index is 0.151. The lowest BCUT2D eigenvalue weighted by molar-refractivity contribution is -0.130. The number of hydrogen-bond acceptors (Lipinski definition) is 2. The van der Waals surface area contributed by atoms with Crippen molar-refractivity contribution in [1.29, 1.82) is 0 Å². The van der Waals surface area contributed by atoms with Gasteiger partial charge < -0.3 is 0 Å². The van der Waals surface area contributed by atoms with Gasteiger partial charge in [0.1, 0.15) is 0 Å².